The summed E-state index contributed by atoms with van der Waals surface area (Å²) < 4.78 is 4.33. The van der Waals surface area contributed by atoms with Crippen LogP contribution in [0.2, 0.25) is 0 Å². The van der Waals surface area contributed by atoms with E-state index < -0.39 is 44.5 Å². The maximum absolute atomic E-state index is 10.5. The third kappa shape index (κ3) is 6.90. The number of carbonyl (C=O) groups excluding carboxylic acids is 1. The highest BCUT2D eigenvalue weighted by Crippen LogP contribution is 2.39. The summed E-state index contributed by atoms with van der Waals surface area (Å²) in [6.07, 6.45) is -1.05. The van der Waals surface area contributed by atoms with Crippen molar-refractivity contribution in [1.29, 1.82) is 0 Å². The summed E-state index contributed by atoms with van der Waals surface area (Å²) in [4.78, 5) is 10.5. The second kappa shape index (κ2) is 9.92. The van der Waals surface area contributed by atoms with Gasteiger partial charge in [-0.05, 0) is 13.8 Å². The summed E-state index contributed by atoms with van der Waals surface area (Å²) in [7, 11) is 0. The first-order valence-electron chi connectivity index (χ1n) is 5.89. The molecule has 124 valence electrons. The molecule has 0 heterocycles. The molecule has 1 aliphatic carbocycles. The highest BCUT2D eigenvalue weighted by Gasteiger charge is 2.46. The molecule has 0 bridgehead atoms. The van der Waals surface area contributed by atoms with E-state index in [1.54, 1.807) is 0 Å². The van der Waals surface area contributed by atoms with Crippen molar-refractivity contribution in [1.82, 2.24) is 0 Å². The Morgan fingerprint density at radius 3 is 1.29 bits per heavy atom. The van der Waals surface area contributed by atoms with E-state index in [-0.39, 0.29) is 5.57 Å². The Bertz CT molecular complexity index is 306. The van der Waals surface area contributed by atoms with E-state index >= 15 is 0 Å². The number of rotatable bonds is 2. The summed E-state index contributed by atoms with van der Waals surface area (Å²) in [6.45, 7) is 6.20. The van der Waals surface area contributed by atoms with Crippen molar-refractivity contribution >= 4 is 75.6 Å². The van der Waals surface area contributed by atoms with Gasteiger partial charge >= 0.3 is 5.97 Å². The van der Waals surface area contributed by atoms with Crippen LogP contribution < -0.4 is 0 Å². The first-order valence-corrected chi connectivity index (χ1v) is 8.51. The molecule has 0 aliphatic heterocycles. The zero-order chi connectivity index (χ0) is 16.9. The summed E-state index contributed by atoms with van der Waals surface area (Å²) in [5.74, 6) is -0.565. The van der Waals surface area contributed by atoms with Crippen molar-refractivity contribution in [3.63, 3.8) is 0 Å². The highest BCUT2D eigenvalue weighted by molar-refractivity contribution is 6.45. The van der Waals surface area contributed by atoms with Gasteiger partial charge in [0.2, 0.25) is 0 Å². The van der Waals surface area contributed by atoms with Gasteiger partial charge in [-0.25, -0.2) is 4.79 Å². The van der Waals surface area contributed by atoms with Crippen molar-refractivity contribution in [3.05, 3.63) is 12.2 Å². The number of carbonyl (C=O) groups is 1. The summed E-state index contributed by atoms with van der Waals surface area (Å²) in [5.41, 5.74) is 0.288. The molecule has 9 heteroatoms. The monoisotopic (exact) mass is 418 g/mol. The summed E-state index contributed by atoms with van der Waals surface area (Å²) in [6, 6.07) is 0. The summed E-state index contributed by atoms with van der Waals surface area (Å²) in [5, 5.41) is 5.87. The van der Waals surface area contributed by atoms with Crippen molar-refractivity contribution in [3.8, 4) is 0 Å². The lowest BCUT2D eigenvalue weighted by Gasteiger charge is -2.37. The minimum Gasteiger partial charge on any atom is -0.433 e. The molecule has 1 rings (SSSR count). The van der Waals surface area contributed by atoms with Crippen LogP contribution in [-0.2, 0) is 9.53 Å². The fourth-order valence-corrected chi connectivity index (χ4v) is 3.64. The van der Waals surface area contributed by atoms with Gasteiger partial charge in [0.15, 0.2) is 6.29 Å². The number of hydrogen-bond donors (Lipinski definition) is 1. The number of ether oxygens (including phenoxy) is 1. The Hall–Kier alpha value is 0.910. The van der Waals surface area contributed by atoms with Crippen molar-refractivity contribution < 1.29 is 14.6 Å². The first kappa shape index (κ1) is 21.9. The highest BCUT2D eigenvalue weighted by atomic mass is 35.5. The molecule has 0 aromatic heterocycles. The third-order valence-electron chi connectivity index (χ3n) is 2.45. The van der Waals surface area contributed by atoms with E-state index in [4.69, 9.17) is 74.7 Å². The van der Waals surface area contributed by atoms with Gasteiger partial charge in [0.05, 0.1) is 32.3 Å². The molecule has 0 spiro atoms. The third-order valence-corrected chi connectivity index (χ3v) is 6.48. The first-order chi connectivity index (χ1) is 9.50. The molecule has 1 atom stereocenters. The van der Waals surface area contributed by atoms with Gasteiger partial charge in [0.1, 0.15) is 0 Å². The smallest absolute Gasteiger partial charge is 0.335 e. The van der Waals surface area contributed by atoms with E-state index in [2.05, 4.69) is 11.3 Å². The molecule has 1 N–H and O–H groups in total. The molecule has 1 fully saturated rings. The van der Waals surface area contributed by atoms with Gasteiger partial charge in [-0.1, -0.05) is 6.58 Å². The van der Waals surface area contributed by atoms with Crippen LogP contribution in [0.1, 0.15) is 13.8 Å². The van der Waals surface area contributed by atoms with Crippen LogP contribution in [0.4, 0.5) is 0 Å². The Labute approximate surface area is 154 Å². The fourth-order valence-electron chi connectivity index (χ4n) is 1.31. The second-order valence-corrected chi connectivity index (χ2v) is 7.48. The predicted octanol–water partition coefficient (Wildman–Crippen LogP) is 4.09. The lowest BCUT2D eigenvalue weighted by atomic mass is 9.97. The molecule has 0 amide bonds. The lowest BCUT2D eigenvalue weighted by molar-refractivity contribution is -0.159. The van der Waals surface area contributed by atoms with Gasteiger partial charge < -0.3 is 9.84 Å². The average Bonchev–Trinajstić information content (AvgIpc) is 2.40. The van der Waals surface area contributed by atoms with Gasteiger partial charge in [-0.15, -0.1) is 69.6 Å². The van der Waals surface area contributed by atoms with Crippen molar-refractivity contribution in [2.75, 3.05) is 0 Å². The molecular weight excluding hydrogens is 405 g/mol. The zero-order valence-corrected chi connectivity index (χ0v) is 15.8. The van der Waals surface area contributed by atoms with Gasteiger partial charge in [-0.3, -0.25) is 0 Å². The number of aliphatic hydroxyl groups excluding tert-OH is 1. The van der Waals surface area contributed by atoms with Crippen LogP contribution >= 0.6 is 69.6 Å². The SMILES string of the molecule is C=C(C)C(=O)OC(C)O.ClC1C(Cl)C(Cl)C(Cl)C(Cl)C1Cl. The normalized spacial score (nSPS) is 37.0. The quantitative estimate of drug-likeness (QED) is 0.317. The second-order valence-electron chi connectivity index (χ2n) is 4.45. The molecule has 0 aromatic rings. The van der Waals surface area contributed by atoms with Crippen molar-refractivity contribution in [2.24, 2.45) is 0 Å². The fraction of sp³-hybridized carbons (Fsp3) is 0.750. The molecule has 1 unspecified atom stereocenters. The maximum atomic E-state index is 10.5. The number of alkyl halides is 6. The van der Waals surface area contributed by atoms with Crippen LogP contribution in [0.25, 0.3) is 0 Å². The van der Waals surface area contributed by atoms with Crippen LogP contribution in [-0.4, -0.2) is 49.6 Å². The minimum atomic E-state index is -1.05. The minimum absolute atomic E-state index is 0.288. The van der Waals surface area contributed by atoms with Crippen LogP contribution in [0, 0.1) is 0 Å². The van der Waals surface area contributed by atoms with Crippen LogP contribution in [0.15, 0.2) is 12.2 Å². The molecule has 1 saturated carbocycles. The molecule has 0 radical (unpaired) electrons. The van der Waals surface area contributed by atoms with E-state index in [1.807, 2.05) is 0 Å². The standard InChI is InChI=1S/C6H6Cl6.C6H10O3/c7-1-2(8)4(10)6(12)5(11)3(1)9;1-4(2)6(8)9-5(3)7/h1-6H;5,7H,1H2,2-3H3. The molecule has 3 nitrogen and oxygen atoms in total. The van der Waals surface area contributed by atoms with Crippen LogP contribution in [0.5, 0.6) is 0 Å². The van der Waals surface area contributed by atoms with Crippen molar-refractivity contribution in [2.45, 2.75) is 52.4 Å². The van der Waals surface area contributed by atoms with Gasteiger partial charge in [-0.2, -0.15) is 0 Å². The van der Waals surface area contributed by atoms with Crippen LogP contribution in [0.3, 0.4) is 0 Å². The predicted molar refractivity (Wildman–Crippen MR) is 90.4 cm³/mol. The average molecular weight is 421 g/mol. The van der Waals surface area contributed by atoms with E-state index in [9.17, 15) is 4.79 Å². The summed E-state index contributed by atoms with van der Waals surface area (Å²) >= 11 is 35.3. The molecule has 21 heavy (non-hydrogen) atoms. The maximum Gasteiger partial charge on any atom is 0.335 e. The zero-order valence-electron chi connectivity index (χ0n) is 11.3. The number of hydrogen-bond acceptors (Lipinski definition) is 3. The molecular formula is C12H16Cl6O3. The van der Waals surface area contributed by atoms with E-state index in [1.165, 1.54) is 13.8 Å². The Morgan fingerprint density at radius 1 is 0.952 bits per heavy atom. The number of halogens is 6. The Kier molecular flexibility index (Phi) is 10.3. The molecule has 0 saturated heterocycles. The van der Waals surface area contributed by atoms with Gasteiger partial charge in [0, 0.05) is 5.57 Å². The Morgan fingerprint density at radius 2 is 1.19 bits per heavy atom. The number of esters is 1. The topological polar surface area (TPSA) is 46.5 Å². The lowest BCUT2D eigenvalue weighted by Crippen LogP contribution is -2.52. The van der Waals surface area contributed by atoms with Gasteiger partial charge in [0.25, 0.3) is 0 Å². The number of aliphatic hydroxyl groups is 1. The largest absolute Gasteiger partial charge is 0.433 e. The molecule has 0 aromatic carbocycles. The van der Waals surface area contributed by atoms with E-state index in [0.717, 1.165) is 0 Å². The Balaban J connectivity index is 0.000000400. The molecule has 1 aliphatic rings. The van der Waals surface area contributed by atoms with E-state index in [0.29, 0.717) is 0 Å².